The van der Waals surface area contributed by atoms with Crippen molar-refractivity contribution < 1.29 is 18.8 Å². The molecule has 0 aliphatic carbocycles. The first-order valence-corrected chi connectivity index (χ1v) is 4.98. The van der Waals surface area contributed by atoms with Crippen molar-refractivity contribution in [2.45, 2.75) is 6.42 Å². The van der Waals surface area contributed by atoms with Crippen LogP contribution in [0.25, 0.3) is 0 Å². The Labute approximate surface area is 97.9 Å². The van der Waals surface area contributed by atoms with Gasteiger partial charge in [0.15, 0.2) is 6.61 Å². The Bertz CT molecular complexity index is 409. The summed E-state index contributed by atoms with van der Waals surface area (Å²) in [7, 11) is 1.45. The number of carbonyl (C=O) groups is 2. The van der Waals surface area contributed by atoms with E-state index in [1.54, 1.807) is 12.1 Å². The summed E-state index contributed by atoms with van der Waals surface area (Å²) in [4.78, 5) is 26.7. The number of rotatable bonds is 5. The highest BCUT2D eigenvalue weighted by Gasteiger charge is 2.08. The minimum atomic E-state index is -0.515. The monoisotopic (exact) mass is 240 g/mol. The third-order valence-electron chi connectivity index (χ3n) is 1.98. The van der Waals surface area contributed by atoms with Crippen molar-refractivity contribution in [1.29, 1.82) is 0 Å². The van der Waals surface area contributed by atoms with Gasteiger partial charge in [0.2, 0.25) is 11.8 Å². The van der Waals surface area contributed by atoms with E-state index in [-0.39, 0.29) is 24.5 Å². The summed E-state index contributed by atoms with van der Waals surface area (Å²) in [6, 6.07) is 5.96. The van der Waals surface area contributed by atoms with Crippen LogP contribution in [0.15, 0.2) is 24.3 Å². The lowest BCUT2D eigenvalue weighted by Crippen LogP contribution is -2.32. The van der Waals surface area contributed by atoms with Crippen LogP contribution in [0.3, 0.4) is 0 Å². The molecular formula is C11H13FN2O3. The third kappa shape index (κ3) is 4.60. The molecule has 2 amide bonds. The largest absolute Gasteiger partial charge is 0.357 e. The number of hydrogen-bond acceptors (Lipinski definition) is 3. The number of benzene rings is 1. The van der Waals surface area contributed by atoms with Gasteiger partial charge in [-0.3, -0.25) is 14.4 Å². The maximum atomic E-state index is 13.2. The zero-order valence-electron chi connectivity index (χ0n) is 9.33. The van der Waals surface area contributed by atoms with Crippen LogP contribution in [0.5, 0.6) is 0 Å². The van der Waals surface area contributed by atoms with Crippen molar-refractivity contribution in [2.24, 2.45) is 0 Å². The zero-order valence-corrected chi connectivity index (χ0v) is 9.33. The number of likely N-dealkylation sites (N-methyl/N-ethyl adjacent to an activating group) is 1. The summed E-state index contributed by atoms with van der Waals surface area (Å²) in [6.45, 7) is -0.278. The van der Waals surface area contributed by atoms with Crippen molar-refractivity contribution >= 4 is 11.8 Å². The molecule has 0 saturated heterocycles. The van der Waals surface area contributed by atoms with Crippen molar-refractivity contribution in [3.8, 4) is 0 Å². The summed E-state index contributed by atoms with van der Waals surface area (Å²) >= 11 is 0. The molecule has 0 aliphatic heterocycles. The fraction of sp³-hybridized carbons (Fsp3) is 0.273. The van der Waals surface area contributed by atoms with E-state index in [0.717, 1.165) is 0 Å². The number of halogens is 1. The summed E-state index contributed by atoms with van der Waals surface area (Å²) in [6.07, 6.45) is -0.138. The first-order valence-electron chi connectivity index (χ1n) is 4.98. The molecule has 0 spiro atoms. The van der Waals surface area contributed by atoms with Gasteiger partial charge in [0.1, 0.15) is 5.82 Å². The lowest BCUT2D eigenvalue weighted by Gasteiger charge is -2.05. The molecule has 5 nitrogen and oxygen atoms in total. The number of nitrogens with one attached hydrogen (secondary N) is 2. The van der Waals surface area contributed by atoms with Gasteiger partial charge in [-0.05, 0) is 11.6 Å². The van der Waals surface area contributed by atoms with E-state index in [2.05, 4.69) is 15.6 Å². The van der Waals surface area contributed by atoms with Crippen LogP contribution in [0.1, 0.15) is 5.56 Å². The van der Waals surface area contributed by atoms with Gasteiger partial charge in [0.05, 0.1) is 6.42 Å². The molecule has 1 aromatic rings. The molecule has 0 radical (unpaired) electrons. The Kier molecular flexibility index (Phi) is 5.09. The predicted molar refractivity (Wildman–Crippen MR) is 58.3 cm³/mol. The highest BCUT2D eigenvalue weighted by Crippen LogP contribution is 2.06. The molecule has 0 atom stereocenters. The Morgan fingerprint density at radius 3 is 2.65 bits per heavy atom. The SMILES string of the molecule is CNC(=O)CONC(=O)Cc1ccccc1F. The topological polar surface area (TPSA) is 67.4 Å². The molecule has 92 valence electrons. The van der Waals surface area contributed by atoms with Crippen LogP contribution < -0.4 is 10.8 Å². The van der Waals surface area contributed by atoms with Gasteiger partial charge in [0.25, 0.3) is 0 Å². The molecule has 0 fully saturated rings. The van der Waals surface area contributed by atoms with Gasteiger partial charge >= 0.3 is 0 Å². The van der Waals surface area contributed by atoms with E-state index >= 15 is 0 Å². The summed E-state index contributed by atoms with van der Waals surface area (Å²) in [5, 5.41) is 2.32. The van der Waals surface area contributed by atoms with E-state index in [4.69, 9.17) is 0 Å². The average Bonchev–Trinajstić information content (AvgIpc) is 2.32. The molecule has 0 aliphatic rings. The molecule has 0 unspecified atom stereocenters. The second kappa shape index (κ2) is 6.59. The van der Waals surface area contributed by atoms with Crippen LogP contribution in [0.4, 0.5) is 4.39 Å². The second-order valence-corrected chi connectivity index (χ2v) is 3.26. The van der Waals surface area contributed by atoms with E-state index < -0.39 is 11.7 Å². The lowest BCUT2D eigenvalue weighted by atomic mass is 10.1. The molecule has 0 aromatic heterocycles. The van der Waals surface area contributed by atoms with Crippen molar-refractivity contribution in [3.63, 3.8) is 0 Å². The van der Waals surface area contributed by atoms with Crippen molar-refractivity contribution in [1.82, 2.24) is 10.8 Å². The average molecular weight is 240 g/mol. The van der Waals surface area contributed by atoms with E-state index in [1.807, 2.05) is 0 Å². The quantitative estimate of drug-likeness (QED) is 0.720. The minimum Gasteiger partial charge on any atom is -0.357 e. The van der Waals surface area contributed by atoms with Crippen LogP contribution >= 0.6 is 0 Å². The first kappa shape index (κ1) is 13.1. The maximum absolute atomic E-state index is 13.2. The zero-order chi connectivity index (χ0) is 12.7. The third-order valence-corrected chi connectivity index (χ3v) is 1.98. The fourth-order valence-corrected chi connectivity index (χ4v) is 1.11. The predicted octanol–water partition coefficient (Wildman–Crippen LogP) is 0.162. The molecule has 1 aromatic carbocycles. The van der Waals surface area contributed by atoms with Crippen LogP contribution in [-0.2, 0) is 20.8 Å². The van der Waals surface area contributed by atoms with Crippen LogP contribution in [-0.4, -0.2) is 25.5 Å². The first-order chi connectivity index (χ1) is 8.13. The van der Waals surface area contributed by atoms with E-state index in [9.17, 15) is 14.0 Å². The van der Waals surface area contributed by atoms with Gasteiger partial charge in [-0.1, -0.05) is 18.2 Å². The highest BCUT2D eigenvalue weighted by molar-refractivity contribution is 5.79. The number of amides is 2. The van der Waals surface area contributed by atoms with Crippen LogP contribution in [0.2, 0.25) is 0 Å². The number of carbonyl (C=O) groups excluding carboxylic acids is 2. The maximum Gasteiger partial charge on any atom is 0.248 e. The Morgan fingerprint density at radius 2 is 2.00 bits per heavy atom. The molecule has 0 bridgehead atoms. The standard InChI is InChI=1S/C11H13FN2O3/c1-13-11(16)7-17-14-10(15)6-8-4-2-3-5-9(8)12/h2-5H,6-7H2,1H3,(H,13,16)(H,14,15). The second-order valence-electron chi connectivity index (χ2n) is 3.26. The number of hydrogen-bond donors (Lipinski definition) is 2. The van der Waals surface area contributed by atoms with Gasteiger partial charge in [-0.25, -0.2) is 9.87 Å². The number of hydroxylamine groups is 1. The van der Waals surface area contributed by atoms with Gasteiger partial charge in [0, 0.05) is 7.05 Å². The lowest BCUT2D eigenvalue weighted by molar-refractivity contribution is -0.138. The Morgan fingerprint density at radius 1 is 1.29 bits per heavy atom. The van der Waals surface area contributed by atoms with Gasteiger partial charge in [-0.2, -0.15) is 0 Å². The molecule has 17 heavy (non-hydrogen) atoms. The normalized spacial score (nSPS) is 9.76. The molecular weight excluding hydrogens is 227 g/mol. The minimum absolute atomic E-state index is 0.138. The fourth-order valence-electron chi connectivity index (χ4n) is 1.11. The van der Waals surface area contributed by atoms with Gasteiger partial charge < -0.3 is 5.32 Å². The van der Waals surface area contributed by atoms with Crippen molar-refractivity contribution in [3.05, 3.63) is 35.6 Å². The summed E-state index contributed by atoms with van der Waals surface area (Å²) in [5.74, 6) is -1.33. The Hall–Kier alpha value is -1.95. The smallest absolute Gasteiger partial charge is 0.248 e. The van der Waals surface area contributed by atoms with E-state index in [0.29, 0.717) is 0 Å². The summed E-state index contributed by atoms with van der Waals surface area (Å²) in [5.41, 5.74) is 2.33. The van der Waals surface area contributed by atoms with E-state index in [1.165, 1.54) is 19.2 Å². The van der Waals surface area contributed by atoms with Crippen LogP contribution in [0, 0.1) is 5.82 Å². The molecule has 2 N–H and O–H groups in total. The van der Waals surface area contributed by atoms with Crippen molar-refractivity contribution in [2.75, 3.05) is 13.7 Å². The highest BCUT2D eigenvalue weighted by atomic mass is 19.1. The Balaban J connectivity index is 2.35. The summed E-state index contributed by atoms with van der Waals surface area (Å²) < 4.78 is 13.2. The van der Waals surface area contributed by atoms with Gasteiger partial charge in [-0.15, -0.1) is 0 Å². The molecule has 1 rings (SSSR count). The molecule has 0 saturated carbocycles. The molecule has 6 heteroatoms. The molecule has 0 heterocycles.